The molecule has 0 bridgehead atoms. The van der Waals surface area contributed by atoms with Gasteiger partial charge < -0.3 is 29.4 Å². The van der Waals surface area contributed by atoms with Crippen LogP contribution >= 0.6 is 0 Å². The number of nitrogens with one attached hydrogen (secondary N) is 2. The molecule has 2 saturated heterocycles. The van der Waals surface area contributed by atoms with E-state index < -0.39 is 17.7 Å². The second-order valence-electron chi connectivity index (χ2n) is 16.6. The molecule has 0 saturated carbocycles. The number of carbonyl (C=O) groups is 3. The molecule has 8 rings (SSSR count). The van der Waals surface area contributed by atoms with Crippen LogP contribution in [0.25, 0.3) is 38.7 Å². The topological polar surface area (TPSA) is 138 Å². The quantitative estimate of drug-likeness (QED) is 0.193. The van der Waals surface area contributed by atoms with Gasteiger partial charge in [-0.15, -0.1) is 0 Å². The van der Waals surface area contributed by atoms with Crippen LogP contribution in [0.3, 0.4) is 0 Å². The van der Waals surface area contributed by atoms with Crippen molar-refractivity contribution in [2.24, 2.45) is 10.9 Å². The Kier molecular flexibility index (Phi) is 9.84. The van der Waals surface area contributed by atoms with Crippen molar-refractivity contribution in [2.45, 2.75) is 97.1 Å². The molecule has 0 unspecified atom stereocenters. The van der Waals surface area contributed by atoms with Crippen molar-refractivity contribution in [3.05, 3.63) is 77.9 Å². The van der Waals surface area contributed by atoms with Crippen molar-refractivity contribution in [2.75, 3.05) is 20.2 Å². The lowest BCUT2D eigenvalue weighted by atomic mass is 9.90. The molecule has 3 aromatic carbocycles. The predicted octanol–water partition coefficient (Wildman–Crippen LogP) is 8.42. The zero-order chi connectivity index (χ0) is 39.3. The summed E-state index contributed by atoms with van der Waals surface area (Å²) in [6, 6.07) is 16.2. The molecule has 4 aromatic rings. The third kappa shape index (κ3) is 7.12. The first-order chi connectivity index (χ1) is 26.9. The van der Waals surface area contributed by atoms with Gasteiger partial charge in [-0.3, -0.25) is 14.7 Å². The van der Waals surface area contributed by atoms with Gasteiger partial charge in [-0.1, -0.05) is 44.2 Å². The van der Waals surface area contributed by atoms with E-state index in [1.54, 1.807) is 0 Å². The largest absolute Gasteiger partial charge is 0.488 e. The summed E-state index contributed by atoms with van der Waals surface area (Å²) in [7, 11) is 1.30. The normalized spacial score (nSPS) is 19.6. The number of rotatable bonds is 7. The number of hydrogen-bond donors (Lipinski definition) is 2. The standard InChI is InChI=1S/C44H50N6O6/c1-25(2)38(48-42(52)54-6)41(51)49-17-8-10-37(49)40-46-23-35(47-40)28-13-15-32-27(20-28)12-16-33-31-14-11-26(19-30(31)24-55-39(32)33)29-21-34(45-22-29)36-9-7-18-50(36)43(53)56-44(3,4)5/h11-16,19-20,22-23,25,36-38H,7-10,17-18,21,24H2,1-6H3,(H,46,47)(H,48,52)/t36-,37-,38-/m0/s1. The second kappa shape index (κ2) is 14.8. The lowest BCUT2D eigenvalue weighted by Gasteiger charge is -2.30. The van der Waals surface area contributed by atoms with Crippen LogP contribution in [0.5, 0.6) is 5.75 Å². The maximum Gasteiger partial charge on any atom is 0.410 e. The molecule has 0 aliphatic carbocycles. The number of aromatic nitrogens is 2. The van der Waals surface area contributed by atoms with Crippen LogP contribution < -0.4 is 10.1 Å². The number of alkyl carbamates (subject to hydrolysis) is 1. The van der Waals surface area contributed by atoms with Gasteiger partial charge in [-0.2, -0.15) is 0 Å². The van der Waals surface area contributed by atoms with Crippen LogP contribution in [0.15, 0.2) is 65.9 Å². The minimum absolute atomic E-state index is 0.0373. The first-order valence-corrected chi connectivity index (χ1v) is 19.7. The molecule has 3 atom stereocenters. The minimum atomic E-state index is -0.686. The fourth-order valence-corrected chi connectivity index (χ4v) is 8.49. The summed E-state index contributed by atoms with van der Waals surface area (Å²) in [6.07, 6.45) is 7.06. The lowest BCUT2D eigenvalue weighted by molar-refractivity contribution is -0.135. The second-order valence-corrected chi connectivity index (χ2v) is 16.6. The number of aromatic amines is 1. The summed E-state index contributed by atoms with van der Waals surface area (Å²) >= 11 is 0. The van der Waals surface area contributed by atoms with Crippen molar-refractivity contribution < 1.29 is 28.6 Å². The molecule has 0 spiro atoms. The van der Waals surface area contributed by atoms with E-state index >= 15 is 0 Å². The smallest absolute Gasteiger partial charge is 0.410 e. The van der Waals surface area contributed by atoms with Crippen molar-refractivity contribution in [3.63, 3.8) is 0 Å². The van der Waals surface area contributed by atoms with E-state index in [-0.39, 0.29) is 30.0 Å². The van der Waals surface area contributed by atoms with Crippen LogP contribution in [0.2, 0.25) is 0 Å². The molecule has 12 nitrogen and oxygen atoms in total. The third-order valence-electron chi connectivity index (χ3n) is 11.3. The average molecular weight is 759 g/mol. The molecule has 292 valence electrons. The first-order valence-electron chi connectivity index (χ1n) is 19.7. The number of H-pyrrole nitrogens is 1. The van der Waals surface area contributed by atoms with E-state index in [4.69, 9.17) is 24.2 Å². The summed E-state index contributed by atoms with van der Waals surface area (Å²) in [5, 5.41) is 4.80. The monoisotopic (exact) mass is 758 g/mol. The molecule has 0 radical (unpaired) electrons. The number of methoxy groups -OCH3 is 1. The van der Waals surface area contributed by atoms with Crippen molar-refractivity contribution in [1.82, 2.24) is 25.1 Å². The number of hydrogen-bond acceptors (Lipinski definition) is 8. The van der Waals surface area contributed by atoms with E-state index in [0.29, 0.717) is 26.1 Å². The number of benzene rings is 3. The first kappa shape index (κ1) is 37.3. The molecule has 2 fully saturated rings. The number of ether oxygens (including phenoxy) is 3. The summed E-state index contributed by atoms with van der Waals surface area (Å²) in [5.74, 6) is 1.36. The van der Waals surface area contributed by atoms with Crippen molar-refractivity contribution in [1.29, 1.82) is 0 Å². The Labute approximate surface area is 327 Å². The summed E-state index contributed by atoms with van der Waals surface area (Å²) in [4.78, 5) is 55.2. The Hall–Kier alpha value is -5.65. The van der Waals surface area contributed by atoms with Crippen molar-refractivity contribution in [3.8, 4) is 28.1 Å². The summed E-state index contributed by atoms with van der Waals surface area (Å²) in [5.41, 5.74) is 7.92. The molecule has 3 amide bonds. The predicted molar refractivity (Wildman–Crippen MR) is 215 cm³/mol. The van der Waals surface area contributed by atoms with Crippen LogP contribution in [-0.4, -0.2) is 81.5 Å². The van der Waals surface area contributed by atoms with Gasteiger partial charge in [-0.05, 0) is 98.2 Å². The van der Waals surface area contributed by atoms with Gasteiger partial charge in [0.1, 0.15) is 29.8 Å². The van der Waals surface area contributed by atoms with Gasteiger partial charge in [0.05, 0.1) is 31.1 Å². The Balaban J connectivity index is 0.969. The summed E-state index contributed by atoms with van der Waals surface area (Å²) in [6.45, 7) is 11.2. The van der Waals surface area contributed by atoms with E-state index in [1.165, 1.54) is 7.11 Å². The molecule has 2 N–H and O–H groups in total. The molecule has 1 aromatic heterocycles. The Bertz CT molecular complexity index is 2270. The molecule has 12 heteroatoms. The van der Waals surface area contributed by atoms with Gasteiger partial charge >= 0.3 is 12.2 Å². The van der Waals surface area contributed by atoms with Crippen molar-refractivity contribution >= 4 is 40.2 Å². The third-order valence-corrected chi connectivity index (χ3v) is 11.3. The molecule has 4 aliphatic rings. The highest BCUT2D eigenvalue weighted by Gasteiger charge is 2.38. The Morgan fingerprint density at radius 2 is 1.70 bits per heavy atom. The average Bonchev–Trinajstić information content (AvgIpc) is 4.01. The van der Waals surface area contributed by atoms with Crippen LogP contribution in [0.4, 0.5) is 9.59 Å². The number of amides is 3. The minimum Gasteiger partial charge on any atom is -0.488 e. The maximum atomic E-state index is 13.6. The van der Waals surface area contributed by atoms with Gasteiger partial charge in [-0.25, -0.2) is 14.6 Å². The van der Waals surface area contributed by atoms with Crippen LogP contribution in [0.1, 0.15) is 89.7 Å². The van der Waals surface area contributed by atoms with E-state index in [2.05, 4.69) is 58.8 Å². The van der Waals surface area contributed by atoms with Gasteiger partial charge in [0.15, 0.2) is 0 Å². The number of imidazole rings is 1. The highest BCUT2D eigenvalue weighted by molar-refractivity contribution is 6.03. The van der Waals surface area contributed by atoms with E-state index in [1.807, 2.05) is 56.8 Å². The van der Waals surface area contributed by atoms with Crippen LogP contribution in [-0.2, 0) is 20.9 Å². The number of carbonyl (C=O) groups excluding carboxylic acids is 3. The molecule has 56 heavy (non-hydrogen) atoms. The van der Waals surface area contributed by atoms with Crippen LogP contribution in [0, 0.1) is 5.92 Å². The highest BCUT2D eigenvalue weighted by Crippen LogP contribution is 2.44. The van der Waals surface area contributed by atoms with Gasteiger partial charge in [0.25, 0.3) is 0 Å². The van der Waals surface area contributed by atoms with E-state index in [9.17, 15) is 14.4 Å². The summed E-state index contributed by atoms with van der Waals surface area (Å²) < 4.78 is 17.0. The SMILES string of the molecule is COC(=O)N[C@H](C(=O)N1CCC[C@H]1c1ncc(-c2ccc3c4c(ccc3c2)-c2ccc(C3=CN=C([C@@H]5CCCN5C(=O)OC(C)(C)C)C3)cc2CO4)[nH]1)C(C)C. The number of allylic oxidation sites excluding steroid dienone is 1. The van der Waals surface area contributed by atoms with Gasteiger partial charge in [0.2, 0.25) is 5.91 Å². The maximum absolute atomic E-state index is 13.6. The molecular formula is C44H50N6O6. The fourth-order valence-electron chi connectivity index (χ4n) is 8.49. The molecule has 4 aliphatic heterocycles. The number of fused-ring (bicyclic) bond motifs is 5. The molecule has 5 heterocycles. The zero-order valence-electron chi connectivity index (χ0n) is 33.0. The lowest BCUT2D eigenvalue weighted by Crippen LogP contribution is -2.51. The fraction of sp³-hybridized carbons (Fsp3) is 0.432. The Morgan fingerprint density at radius 1 is 0.946 bits per heavy atom. The van der Waals surface area contributed by atoms with E-state index in [0.717, 1.165) is 92.8 Å². The van der Waals surface area contributed by atoms with Gasteiger partial charge in [0, 0.05) is 47.9 Å². The number of nitrogens with zero attached hydrogens (tertiary/aromatic N) is 4. The zero-order valence-corrected chi connectivity index (χ0v) is 33.0. The number of likely N-dealkylation sites (tertiary alicyclic amines) is 2. The number of aliphatic imine (C=N–C) groups is 1. The molecular weight excluding hydrogens is 709 g/mol. The highest BCUT2D eigenvalue weighted by atomic mass is 16.6. The Morgan fingerprint density at radius 3 is 2.46 bits per heavy atom.